The van der Waals surface area contributed by atoms with Crippen LogP contribution >= 0.6 is 11.6 Å². The van der Waals surface area contributed by atoms with Crippen molar-refractivity contribution in [2.24, 2.45) is 0 Å². The standard InChI is InChI=1S/C29H26ClNO4.C27H22N4O.C24H22O2.CH4/c1-2-5-28(29(32)33)35-27-7-4-3-6-22(27)13-12-20-8-10-21(11-9-20)19-34-25-16-23-14-15-24(30)17-26(23)31-18-25;1-2-7-23(17-27-28-19-29-31-27)21(5-1)12-9-20-10-15-25(16-11-20)32-18-24-14-13-22-6-3-4-8-26(22)30-24;1-19(25)16-23-8-5-9-24(17-23)26-18-22-14-12-21(13-15-22)11-10-20-6-3-2-4-7-20;/h3-4,6-18,28H,2,5,19H2,1H3,(H,32,33);1-16,19H,17-18H2,(H,28,29,31);2-15,17H,16,18H2,1H3;1H4/b13-12+;12-9+;11-10+;. The number of para-hydroxylation sites is 2. The summed E-state index contributed by atoms with van der Waals surface area (Å²) in [7, 11) is 0. The molecule has 12 rings (SSSR count). The number of aromatic amines is 1. The third kappa shape index (κ3) is 20.9. The molecule has 0 aliphatic heterocycles. The number of rotatable bonds is 24. The van der Waals surface area contributed by atoms with Crippen LogP contribution in [0.5, 0.6) is 23.0 Å². The Morgan fingerprint density at radius 1 is 0.532 bits per heavy atom. The average Bonchev–Trinajstić information content (AvgIpc) is 1.40. The number of ketones is 1. The van der Waals surface area contributed by atoms with Gasteiger partial charge in [-0.2, -0.15) is 5.10 Å². The van der Waals surface area contributed by atoms with Gasteiger partial charge < -0.3 is 24.1 Å². The molecule has 472 valence electrons. The fourth-order valence-electron chi connectivity index (χ4n) is 9.85. The SMILES string of the molecule is C.C(=C\c1ccccc1Cc1ncn[nH]1)/c1ccc(OCc2ccc3ccccc3n2)cc1.CC(=O)Cc1cccc(OCc2ccc(/C=C/c3ccccc3)cc2)c1.CCCC(Oc1ccccc1/C=C/c1ccc(COc2cnc3cc(Cl)ccc3c2)cc1)C(=O)O. The highest BCUT2D eigenvalue weighted by Gasteiger charge is 2.19. The van der Waals surface area contributed by atoms with Crippen molar-refractivity contribution in [1.82, 2.24) is 25.1 Å². The summed E-state index contributed by atoms with van der Waals surface area (Å²) in [6.45, 7) is 4.91. The van der Waals surface area contributed by atoms with Gasteiger partial charge in [-0.25, -0.2) is 14.8 Å². The molecule has 1 unspecified atom stereocenters. The maximum atomic E-state index is 11.5. The molecule has 0 radical (unpaired) electrons. The van der Waals surface area contributed by atoms with Gasteiger partial charge in [-0.15, -0.1) is 0 Å². The number of pyridine rings is 2. The third-order valence-electron chi connectivity index (χ3n) is 14.7. The van der Waals surface area contributed by atoms with Crippen LogP contribution in [0.25, 0.3) is 58.3 Å². The van der Waals surface area contributed by atoms with Crippen LogP contribution < -0.4 is 18.9 Å². The monoisotopic (exact) mass is 1260 g/mol. The van der Waals surface area contributed by atoms with E-state index in [9.17, 15) is 14.7 Å². The van der Waals surface area contributed by atoms with E-state index in [1.54, 1.807) is 19.2 Å². The van der Waals surface area contributed by atoms with Crippen LogP contribution in [0.1, 0.15) is 101 Å². The van der Waals surface area contributed by atoms with Crippen molar-refractivity contribution in [2.45, 2.75) is 72.9 Å². The highest BCUT2D eigenvalue weighted by Crippen LogP contribution is 2.26. The first-order chi connectivity index (χ1) is 45.5. The molecule has 1 atom stereocenters. The molecule has 0 aliphatic carbocycles. The molecule has 12 nitrogen and oxygen atoms in total. The number of Topliss-reactive ketones (excluding diaryl/α,β-unsaturated/α-hetero) is 1. The maximum Gasteiger partial charge on any atom is 0.344 e. The normalized spacial score (nSPS) is 11.3. The summed E-state index contributed by atoms with van der Waals surface area (Å²) in [5.41, 5.74) is 13.5. The molecule has 2 N–H and O–H groups in total. The van der Waals surface area contributed by atoms with E-state index in [-0.39, 0.29) is 13.2 Å². The van der Waals surface area contributed by atoms with Gasteiger partial charge in [0.25, 0.3) is 0 Å². The molecule has 3 heterocycles. The number of benzene rings is 9. The Bertz CT molecular complexity index is 4460. The highest BCUT2D eigenvalue weighted by atomic mass is 35.5. The van der Waals surface area contributed by atoms with Crippen molar-refractivity contribution < 1.29 is 33.6 Å². The predicted octanol–water partition coefficient (Wildman–Crippen LogP) is 19.2. The second kappa shape index (κ2) is 34.8. The number of carboxylic acid groups (broad SMARTS) is 1. The summed E-state index contributed by atoms with van der Waals surface area (Å²) < 4.78 is 23.5. The summed E-state index contributed by atoms with van der Waals surface area (Å²) in [6.07, 6.45) is 17.1. The molecule has 0 saturated heterocycles. The van der Waals surface area contributed by atoms with E-state index in [1.807, 2.05) is 177 Å². The van der Waals surface area contributed by atoms with Crippen molar-refractivity contribution in [2.75, 3.05) is 0 Å². The van der Waals surface area contributed by atoms with Crippen LogP contribution in [0.4, 0.5) is 0 Å². The van der Waals surface area contributed by atoms with Gasteiger partial charge in [0.15, 0.2) is 6.10 Å². The lowest BCUT2D eigenvalue weighted by Crippen LogP contribution is -2.26. The summed E-state index contributed by atoms with van der Waals surface area (Å²) >= 11 is 6.02. The minimum atomic E-state index is -0.952. The molecule has 12 aromatic rings. The van der Waals surface area contributed by atoms with E-state index in [0.717, 1.165) is 102 Å². The summed E-state index contributed by atoms with van der Waals surface area (Å²) in [4.78, 5) is 36.0. The zero-order chi connectivity index (χ0) is 64.4. The van der Waals surface area contributed by atoms with E-state index in [4.69, 9.17) is 30.5 Å². The minimum absolute atomic E-state index is 0. The second-order valence-electron chi connectivity index (χ2n) is 21.9. The van der Waals surface area contributed by atoms with Gasteiger partial charge in [0.05, 0.1) is 22.9 Å². The van der Waals surface area contributed by atoms with E-state index in [1.165, 1.54) is 17.5 Å². The fourth-order valence-corrected chi connectivity index (χ4v) is 10.0. The lowest BCUT2D eigenvalue weighted by atomic mass is 10.0. The van der Waals surface area contributed by atoms with Crippen molar-refractivity contribution in [3.63, 3.8) is 0 Å². The number of carboxylic acids is 1. The number of fused-ring (bicyclic) bond motifs is 2. The molecule has 94 heavy (non-hydrogen) atoms. The number of carbonyl (C=O) groups excluding carboxylic acids is 1. The van der Waals surface area contributed by atoms with Gasteiger partial charge in [-0.1, -0.05) is 245 Å². The predicted molar refractivity (Wildman–Crippen MR) is 381 cm³/mol. The van der Waals surface area contributed by atoms with Crippen LogP contribution in [0.2, 0.25) is 5.02 Å². The molecule has 3 aromatic heterocycles. The number of nitrogens with one attached hydrogen (secondary N) is 1. The number of H-pyrrole nitrogens is 1. The Kier molecular flexibility index (Phi) is 24.9. The molecule has 9 aromatic carbocycles. The number of hydrogen-bond acceptors (Lipinski definition) is 10. The molecule has 0 aliphatic rings. The number of carbonyl (C=O) groups is 2. The highest BCUT2D eigenvalue weighted by molar-refractivity contribution is 6.31. The quantitative estimate of drug-likeness (QED) is 0.0555. The minimum Gasteiger partial charge on any atom is -0.489 e. The lowest BCUT2D eigenvalue weighted by molar-refractivity contribution is -0.145. The van der Waals surface area contributed by atoms with Gasteiger partial charge in [0.1, 0.15) is 60.8 Å². The molecule has 0 fully saturated rings. The van der Waals surface area contributed by atoms with Crippen LogP contribution in [0.15, 0.2) is 249 Å². The van der Waals surface area contributed by atoms with Gasteiger partial charge in [-0.05, 0) is 124 Å². The largest absolute Gasteiger partial charge is 0.489 e. The topological polar surface area (TPSA) is 159 Å². The molecular weight excluding hydrogens is 1190 g/mol. The zero-order valence-corrected chi connectivity index (χ0v) is 52.5. The summed E-state index contributed by atoms with van der Waals surface area (Å²) in [6, 6.07) is 77.9. The van der Waals surface area contributed by atoms with Gasteiger partial charge in [0.2, 0.25) is 0 Å². The van der Waals surface area contributed by atoms with E-state index in [0.29, 0.717) is 49.2 Å². The molecule has 13 heteroatoms. The first kappa shape index (κ1) is 67.2. The maximum absolute atomic E-state index is 11.5. The Hall–Kier alpha value is -11.2. The number of hydrogen-bond donors (Lipinski definition) is 2. The van der Waals surface area contributed by atoms with E-state index in [2.05, 4.69) is 122 Å². The van der Waals surface area contributed by atoms with Crippen molar-refractivity contribution >= 4 is 81.6 Å². The fraction of sp³-hybridized carbons (Fsp3) is 0.136. The number of aliphatic carboxylic acids is 1. The van der Waals surface area contributed by atoms with Crippen molar-refractivity contribution in [3.8, 4) is 23.0 Å². The number of aromatic nitrogens is 5. The van der Waals surface area contributed by atoms with Gasteiger partial charge >= 0.3 is 5.97 Å². The summed E-state index contributed by atoms with van der Waals surface area (Å²) in [5, 5.41) is 19.0. The van der Waals surface area contributed by atoms with Crippen LogP contribution in [0.3, 0.4) is 0 Å². The van der Waals surface area contributed by atoms with E-state index >= 15 is 0 Å². The Morgan fingerprint density at radius 3 is 1.83 bits per heavy atom. The number of nitrogens with zero attached hydrogens (tertiary/aromatic N) is 4. The van der Waals surface area contributed by atoms with E-state index < -0.39 is 12.1 Å². The van der Waals surface area contributed by atoms with Gasteiger partial charge in [-0.3, -0.25) is 14.9 Å². The zero-order valence-electron chi connectivity index (χ0n) is 51.7. The Balaban J connectivity index is 0.000000167. The molecule has 0 bridgehead atoms. The molecule has 0 amide bonds. The first-order valence-electron chi connectivity index (χ1n) is 30.7. The number of halogens is 1. The Labute approximate surface area is 554 Å². The van der Waals surface area contributed by atoms with Crippen LogP contribution in [0, 0.1) is 0 Å². The van der Waals surface area contributed by atoms with Gasteiger partial charge in [0, 0.05) is 34.2 Å². The van der Waals surface area contributed by atoms with Crippen molar-refractivity contribution in [3.05, 3.63) is 321 Å². The van der Waals surface area contributed by atoms with Crippen LogP contribution in [-0.2, 0) is 42.3 Å². The Morgan fingerprint density at radius 2 is 1.14 bits per heavy atom. The molecule has 0 spiro atoms. The lowest BCUT2D eigenvalue weighted by Gasteiger charge is -2.16. The third-order valence-corrected chi connectivity index (χ3v) is 15.0. The molecule has 0 saturated carbocycles. The smallest absolute Gasteiger partial charge is 0.344 e. The molecular formula is C81H74ClN5O7. The second-order valence-corrected chi connectivity index (χ2v) is 22.4. The average molecular weight is 1260 g/mol. The first-order valence-corrected chi connectivity index (χ1v) is 31.1. The van der Waals surface area contributed by atoms with Crippen molar-refractivity contribution in [1.29, 1.82) is 0 Å². The summed E-state index contributed by atoms with van der Waals surface area (Å²) in [5.74, 6) is 2.92. The number of ether oxygens (including phenoxy) is 4. The van der Waals surface area contributed by atoms with Crippen LogP contribution in [-0.4, -0.2) is 48.1 Å².